The molecule has 5 heteroatoms. The van der Waals surface area contributed by atoms with E-state index in [4.69, 9.17) is 9.72 Å². The van der Waals surface area contributed by atoms with Crippen molar-refractivity contribution in [3.8, 4) is 17.0 Å². The molecule has 1 heterocycles. The van der Waals surface area contributed by atoms with Crippen LogP contribution in [0.1, 0.15) is 11.1 Å². The topological polar surface area (TPSA) is 59.1 Å². The van der Waals surface area contributed by atoms with Gasteiger partial charge >= 0.3 is 0 Å². The van der Waals surface area contributed by atoms with Gasteiger partial charge in [-0.15, -0.1) is 0 Å². The first-order chi connectivity index (χ1) is 14.8. The summed E-state index contributed by atoms with van der Waals surface area (Å²) in [7, 11) is 1.67. The number of methoxy groups -OCH3 is 1. The van der Waals surface area contributed by atoms with Crippen LogP contribution >= 0.6 is 0 Å². The van der Waals surface area contributed by atoms with Crippen LogP contribution in [0.25, 0.3) is 11.3 Å². The molecule has 150 valence electrons. The Kier molecular flexibility index (Phi) is 6.20. The van der Waals surface area contributed by atoms with E-state index in [-0.39, 0.29) is 0 Å². The predicted octanol–water partition coefficient (Wildman–Crippen LogP) is 5.38. The summed E-state index contributed by atoms with van der Waals surface area (Å²) in [6, 6.07) is 30.3. The van der Waals surface area contributed by atoms with Gasteiger partial charge in [0.05, 0.1) is 12.8 Å². The second kappa shape index (κ2) is 9.56. The summed E-state index contributed by atoms with van der Waals surface area (Å²) in [5, 5.41) is 6.76. The van der Waals surface area contributed by atoms with Crippen LogP contribution < -0.4 is 15.4 Å². The third-order valence-electron chi connectivity index (χ3n) is 4.72. The fourth-order valence-corrected chi connectivity index (χ4v) is 3.09. The van der Waals surface area contributed by atoms with Gasteiger partial charge in [0, 0.05) is 24.7 Å². The van der Waals surface area contributed by atoms with Crippen molar-refractivity contribution in [3.63, 3.8) is 0 Å². The van der Waals surface area contributed by atoms with Crippen LogP contribution in [0, 0.1) is 0 Å². The lowest BCUT2D eigenvalue weighted by Gasteiger charge is -2.12. The normalized spacial score (nSPS) is 10.4. The molecule has 0 spiro atoms. The van der Waals surface area contributed by atoms with E-state index in [1.807, 2.05) is 66.7 Å². The fraction of sp³-hybridized carbons (Fsp3) is 0.120. The summed E-state index contributed by atoms with van der Waals surface area (Å²) in [4.78, 5) is 9.39. The molecular formula is C25H24N4O. The monoisotopic (exact) mass is 396 g/mol. The zero-order chi connectivity index (χ0) is 20.6. The number of benzene rings is 3. The van der Waals surface area contributed by atoms with Crippen LogP contribution in [0.3, 0.4) is 0 Å². The standard InChI is InChI=1S/C25H24N4O/c1-30-22-14-12-20(13-15-22)18-27-25-28-23(21-10-6-3-7-11-21)16-24(29-25)26-17-19-8-4-2-5-9-19/h2-16H,17-18H2,1H3,(H2,26,27,28,29). The Balaban J connectivity index is 1.54. The van der Waals surface area contributed by atoms with Crippen molar-refractivity contribution in [2.75, 3.05) is 17.7 Å². The molecule has 0 aliphatic heterocycles. The highest BCUT2D eigenvalue weighted by molar-refractivity contribution is 5.64. The molecule has 0 fully saturated rings. The van der Waals surface area contributed by atoms with Gasteiger partial charge in [0.15, 0.2) is 0 Å². The number of hydrogen-bond donors (Lipinski definition) is 2. The Labute approximate surface area is 176 Å². The maximum absolute atomic E-state index is 5.22. The Morgan fingerprint density at radius 3 is 2.03 bits per heavy atom. The first kappa shape index (κ1) is 19.5. The molecule has 0 saturated heterocycles. The Morgan fingerprint density at radius 2 is 1.33 bits per heavy atom. The van der Waals surface area contributed by atoms with E-state index < -0.39 is 0 Å². The SMILES string of the molecule is COc1ccc(CNc2nc(NCc3ccccc3)cc(-c3ccccc3)n2)cc1. The van der Waals surface area contributed by atoms with Crippen molar-refractivity contribution in [2.24, 2.45) is 0 Å². The van der Waals surface area contributed by atoms with Gasteiger partial charge in [0.25, 0.3) is 0 Å². The lowest BCUT2D eigenvalue weighted by atomic mass is 10.1. The number of nitrogens with zero attached hydrogens (tertiary/aromatic N) is 2. The molecule has 30 heavy (non-hydrogen) atoms. The first-order valence-electron chi connectivity index (χ1n) is 9.89. The van der Waals surface area contributed by atoms with E-state index in [2.05, 4.69) is 39.9 Å². The summed E-state index contributed by atoms with van der Waals surface area (Å²) in [5.41, 5.74) is 4.25. The van der Waals surface area contributed by atoms with E-state index in [0.717, 1.165) is 28.4 Å². The van der Waals surface area contributed by atoms with Gasteiger partial charge in [-0.1, -0.05) is 72.8 Å². The fourth-order valence-electron chi connectivity index (χ4n) is 3.09. The third kappa shape index (κ3) is 5.14. The van der Waals surface area contributed by atoms with Gasteiger partial charge in [-0.05, 0) is 23.3 Å². The summed E-state index contributed by atoms with van der Waals surface area (Å²) in [5.74, 6) is 2.21. The van der Waals surface area contributed by atoms with Gasteiger partial charge < -0.3 is 15.4 Å². The maximum Gasteiger partial charge on any atom is 0.225 e. The van der Waals surface area contributed by atoms with Gasteiger partial charge in [-0.2, -0.15) is 4.98 Å². The smallest absolute Gasteiger partial charge is 0.225 e. The quantitative estimate of drug-likeness (QED) is 0.419. The molecule has 0 unspecified atom stereocenters. The average Bonchev–Trinajstić information content (AvgIpc) is 2.83. The highest BCUT2D eigenvalue weighted by Gasteiger charge is 2.07. The minimum Gasteiger partial charge on any atom is -0.497 e. The largest absolute Gasteiger partial charge is 0.497 e. The number of hydrogen-bond acceptors (Lipinski definition) is 5. The van der Waals surface area contributed by atoms with Crippen molar-refractivity contribution >= 4 is 11.8 Å². The van der Waals surface area contributed by atoms with Crippen LogP contribution in [0.4, 0.5) is 11.8 Å². The third-order valence-corrected chi connectivity index (χ3v) is 4.72. The summed E-state index contributed by atoms with van der Waals surface area (Å²) < 4.78 is 5.22. The van der Waals surface area contributed by atoms with E-state index >= 15 is 0 Å². The average molecular weight is 396 g/mol. The molecule has 0 radical (unpaired) electrons. The van der Waals surface area contributed by atoms with Crippen LogP contribution in [-0.2, 0) is 13.1 Å². The Hall–Kier alpha value is -3.86. The highest BCUT2D eigenvalue weighted by Crippen LogP contribution is 2.22. The lowest BCUT2D eigenvalue weighted by Crippen LogP contribution is -2.08. The van der Waals surface area contributed by atoms with Crippen LogP contribution in [-0.4, -0.2) is 17.1 Å². The molecule has 5 nitrogen and oxygen atoms in total. The summed E-state index contributed by atoms with van der Waals surface area (Å²) >= 11 is 0. The highest BCUT2D eigenvalue weighted by atomic mass is 16.5. The van der Waals surface area contributed by atoms with Gasteiger partial charge in [-0.3, -0.25) is 0 Å². The van der Waals surface area contributed by atoms with Crippen molar-refractivity contribution in [2.45, 2.75) is 13.1 Å². The summed E-state index contributed by atoms with van der Waals surface area (Å²) in [6.45, 7) is 1.32. The number of rotatable bonds is 8. The van der Waals surface area contributed by atoms with E-state index in [0.29, 0.717) is 19.0 Å². The molecular weight excluding hydrogens is 372 g/mol. The second-order valence-corrected chi connectivity index (χ2v) is 6.87. The summed E-state index contributed by atoms with van der Waals surface area (Å²) in [6.07, 6.45) is 0. The minimum absolute atomic E-state index is 0.586. The number of anilines is 2. The van der Waals surface area contributed by atoms with Gasteiger partial charge in [0.2, 0.25) is 5.95 Å². The predicted molar refractivity (Wildman–Crippen MR) is 122 cm³/mol. The first-order valence-corrected chi connectivity index (χ1v) is 9.89. The van der Waals surface area contributed by atoms with E-state index in [1.165, 1.54) is 5.56 Å². The Bertz CT molecular complexity index is 1070. The van der Waals surface area contributed by atoms with Gasteiger partial charge in [-0.25, -0.2) is 4.98 Å². The van der Waals surface area contributed by atoms with E-state index in [1.54, 1.807) is 7.11 Å². The van der Waals surface area contributed by atoms with Crippen LogP contribution in [0.5, 0.6) is 5.75 Å². The van der Waals surface area contributed by atoms with Crippen molar-refractivity contribution < 1.29 is 4.74 Å². The van der Waals surface area contributed by atoms with Crippen molar-refractivity contribution in [1.82, 2.24) is 9.97 Å². The molecule has 0 amide bonds. The molecule has 0 aliphatic rings. The molecule has 0 saturated carbocycles. The molecule has 0 bridgehead atoms. The lowest BCUT2D eigenvalue weighted by molar-refractivity contribution is 0.414. The van der Waals surface area contributed by atoms with Crippen molar-refractivity contribution in [3.05, 3.63) is 102 Å². The molecule has 4 rings (SSSR count). The number of ether oxygens (including phenoxy) is 1. The van der Waals surface area contributed by atoms with Crippen LogP contribution in [0.2, 0.25) is 0 Å². The molecule has 4 aromatic rings. The molecule has 1 aromatic heterocycles. The van der Waals surface area contributed by atoms with Gasteiger partial charge in [0.1, 0.15) is 11.6 Å². The zero-order valence-electron chi connectivity index (χ0n) is 16.9. The number of nitrogens with one attached hydrogen (secondary N) is 2. The zero-order valence-corrected chi connectivity index (χ0v) is 16.9. The maximum atomic E-state index is 5.22. The molecule has 2 N–H and O–H groups in total. The minimum atomic E-state index is 0.586. The molecule has 0 atom stereocenters. The second-order valence-electron chi connectivity index (χ2n) is 6.87. The van der Waals surface area contributed by atoms with Crippen LogP contribution in [0.15, 0.2) is 91.0 Å². The van der Waals surface area contributed by atoms with Crippen molar-refractivity contribution in [1.29, 1.82) is 0 Å². The van der Waals surface area contributed by atoms with E-state index in [9.17, 15) is 0 Å². The molecule has 0 aliphatic carbocycles. The Morgan fingerprint density at radius 1 is 0.700 bits per heavy atom. The molecule has 3 aromatic carbocycles. The number of aromatic nitrogens is 2.